The van der Waals surface area contributed by atoms with Gasteiger partial charge in [0, 0.05) is 7.05 Å². The van der Waals surface area contributed by atoms with Crippen LogP contribution in [0.3, 0.4) is 0 Å². The van der Waals surface area contributed by atoms with E-state index in [-0.39, 0.29) is 12.6 Å². The van der Waals surface area contributed by atoms with Gasteiger partial charge in [-0.15, -0.1) is 0 Å². The van der Waals surface area contributed by atoms with Gasteiger partial charge in [0.15, 0.2) is 34.9 Å². The normalized spacial score (nSPS) is 12.1. The van der Waals surface area contributed by atoms with E-state index in [9.17, 15) is 18.0 Å². The molecule has 0 aliphatic rings. The summed E-state index contributed by atoms with van der Waals surface area (Å²) in [7, 11) is 3.06. The highest BCUT2D eigenvalue weighted by Gasteiger charge is 2.15. The van der Waals surface area contributed by atoms with Gasteiger partial charge in [0.25, 0.3) is 0 Å². The highest BCUT2D eigenvalue weighted by Crippen LogP contribution is 2.26. The lowest BCUT2D eigenvalue weighted by Gasteiger charge is -2.19. The topological polar surface area (TPSA) is 84.0 Å². The van der Waals surface area contributed by atoms with Crippen molar-refractivity contribution in [3.63, 3.8) is 0 Å². The number of rotatable bonds is 8. The predicted molar refractivity (Wildman–Crippen MR) is 107 cm³/mol. The summed E-state index contributed by atoms with van der Waals surface area (Å²) in [4.78, 5) is 15.9. The fourth-order valence-electron chi connectivity index (χ4n) is 2.42. The molecule has 2 aromatic rings. The maximum absolute atomic E-state index is 13.6. The zero-order valence-corrected chi connectivity index (χ0v) is 16.8. The molecule has 2 rings (SSSR count). The molecule has 0 radical (unpaired) electrons. The van der Waals surface area contributed by atoms with Crippen LogP contribution in [0.1, 0.15) is 6.92 Å². The van der Waals surface area contributed by atoms with E-state index >= 15 is 0 Å². The molecular formula is C20H23F3N4O3. The number of hydrogen-bond acceptors (Lipinski definition) is 4. The van der Waals surface area contributed by atoms with Crippen LogP contribution >= 0.6 is 0 Å². The van der Waals surface area contributed by atoms with Crippen LogP contribution in [0.2, 0.25) is 0 Å². The third-order valence-electron chi connectivity index (χ3n) is 3.90. The Balaban J connectivity index is 1.81. The van der Waals surface area contributed by atoms with Crippen LogP contribution in [-0.2, 0) is 4.79 Å². The van der Waals surface area contributed by atoms with E-state index in [1.807, 2.05) is 19.1 Å². The van der Waals surface area contributed by atoms with Crippen LogP contribution in [-0.4, -0.2) is 45.2 Å². The van der Waals surface area contributed by atoms with Gasteiger partial charge in [-0.25, -0.2) is 13.2 Å². The lowest BCUT2D eigenvalue weighted by Crippen LogP contribution is -2.44. The molecule has 0 bridgehead atoms. The van der Waals surface area contributed by atoms with Crippen molar-refractivity contribution in [3.05, 3.63) is 53.8 Å². The van der Waals surface area contributed by atoms with Crippen molar-refractivity contribution >= 4 is 17.6 Å². The first kappa shape index (κ1) is 22.9. The Morgan fingerprint density at radius 1 is 1.07 bits per heavy atom. The standard InChI is InChI=1S/C20H23F3N4O3/c1-12(30-16-7-5-4-6-15(16)29-3)10-25-20(24-2)26-11-17(28)27-14-9-8-13(21)18(22)19(14)23/h4-9,12H,10-11H2,1-3H3,(H,27,28)(H2,24,25,26). The first-order valence-corrected chi connectivity index (χ1v) is 9.03. The SMILES string of the molecule is CN=C(NCC(=O)Nc1ccc(F)c(F)c1F)NCC(C)Oc1ccccc1OC. The van der Waals surface area contributed by atoms with E-state index in [4.69, 9.17) is 9.47 Å². The molecule has 1 amide bonds. The minimum Gasteiger partial charge on any atom is -0.493 e. The Labute approximate surface area is 172 Å². The largest absolute Gasteiger partial charge is 0.493 e. The summed E-state index contributed by atoms with van der Waals surface area (Å²) in [6, 6.07) is 8.89. The quantitative estimate of drug-likeness (QED) is 0.345. The molecule has 0 saturated carbocycles. The maximum Gasteiger partial charge on any atom is 0.243 e. The monoisotopic (exact) mass is 424 g/mol. The lowest BCUT2D eigenvalue weighted by molar-refractivity contribution is -0.115. The van der Waals surface area contributed by atoms with Crippen LogP contribution in [0, 0.1) is 17.5 Å². The highest BCUT2D eigenvalue weighted by molar-refractivity contribution is 5.95. The highest BCUT2D eigenvalue weighted by atomic mass is 19.2. The predicted octanol–water partition coefficient (Wildman–Crippen LogP) is 2.68. The van der Waals surface area contributed by atoms with Gasteiger partial charge in [0.1, 0.15) is 6.10 Å². The maximum atomic E-state index is 13.6. The third kappa shape index (κ3) is 6.29. The number of nitrogens with zero attached hydrogens (tertiary/aromatic N) is 1. The Morgan fingerprint density at radius 3 is 2.43 bits per heavy atom. The van der Waals surface area contributed by atoms with Crippen LogP contribution < -0.4 is 25.4 Å². The number of nitrogens with one attached hydrogen (secondary N) is 3. The molecule has 1 atom stereocenters. The summed E-state index contributed by atoms with van der Waals surface area (Å²) >= 11 is 0. The molecule has 0 fully saturated rings. The summed E-state index contributed by atoms with van der Waals surface area (Å²) in [6.07, 6.45) is -0.259. The minimum atomic E-state index is -1.65. The molecule has 2 aromatic carbocycles. The number of benzene rings is 2. The molecule has 0 aliphatic carbocycles. The summed E-state index contributed by atoms with van der Waals surface area (Å²) in [5, 5.41) is 7.88. The Morgan fingerprint density at radius 2 is 1.77 bits per heavy atom. The first-order valence-electron chi connectivity index (χ1n) is 9.03. The van der Waals surface area contributed by atoms with Crippen molar-refractivity contribution in [1.82, 2.24) is 10.6 Å². The molecule has 0 saturated heterocycles. The summed E-state index contributed by atoms with van der Waals surface area (Å²) in [6.45, 7) is 1.92. The fraction of sp³-hybridized carbons (Fsp3) is 0.300. The second kappa shape index (κ2) is 10.9. The summed E-state index contributed by atoms with van der Waals surface area (Å²) < 4.78 is 50.8. The molecule has 0 aliphatic heterocycles. The first-order chi connectivity index (χ1) is 14.3. The number of ether oxygens (including phenoxy) is 2. The van der Waals surface area contributed by atoms with Crippen molar-refractivity contribution in [2.45, 2.75) is 13.0 Å². The number of hydrogen-bond donors (Lipinski definition) is 3. The van der Waals surface area contributed by atoms with Gasteiger partial charge in [-0.05, 0) is 31.2 Å². The van der Waals surface area contributed by atoms with Gasteiger partial charge in [0.05, 0.1) is 25.9 Å². The van der Waals surface area contributed by atoms with Crippen LogP contribution in [0.4, 0.5) is 18.9 Å². The van der Waals surface area contributed by atoms with E-state index in [0.717, 1.165) is 12.1 Å². The average Bonchev–Trinajstić information content (AvgIpc) is 2.74. The van der Waals surface area contributed by atoms with Crippen molar-refractivity contribution in [1.29, 1.82) is 0 Å². The molecule has 0 aromatic heterocycles. The smallest absolute Gasteiger partial charge is 0.243 e. The Kier molecular flexibility index (Phi) is 8.33. The van der Waals surface area contributed by atoms with E-state index in [1.165, 1.54) is 7.05 Å². The van der Waals surface area contributed by atoms with Gasteiger partial charge >= 0.3 is 0 Å². The zero-order chi connectivity index (χ0) is 22.1. The van der Waals surface area contributed by atoms with Gasteiger partial charge in [-0.1, -0.05) is 12.1 Å². The van der Waals surface area contributed by atoms with Crippen molar-refractivity contribution in [3.8, 4) is 11.5 Å². The summed E-state index contributed by atoms with van der Waals surface area (Å²) in [5.41, 5.74) is -0.456. The molecule has 10 heteroatoms. The van der Waals surface area contributed by atoms with E-state index in [2.05, 4.69) is 20.9 Å². The van der Waals surface area contributed by atoms with E-state index in [1.54, 1.807) is 19.2 Å². The number of para-hydroxylation sites is 2. The van der Waals surface area contributed by atoms with Crippen molar-refractivity contribution in [2.24, 2.45) is 4.99 Å². The molecule has 7 nitrogen and oxygen atoms in total. The Hall–Kier alpha value is -3.43. The van der Waals surface area contributed by atoms with Crippen molar-refractivity contribution in [2.75, 3.05) is 32.6 Å². The molecule has 162 valence electrons. The van der Waals surface area contributed by atoms with Crippen molar-refractivity contribution < 1.29 is 27.4 Å². The molecule has 1 unspecified atom stereocenters. The fourth-order valence-corrected chi connectivity index (χ4v) is 2.42. The second-order valence-electron chi connectivity index (χ2n) is 6.16. The minimum absolute atomic E-state index is 0.259. The molecule has 3 N–H and O–H groups in total. The number of halogens is 3. The van der Waals surface area contributed by atoms with Crippen LogP contribution in [0.15, 0.2) is 41.4 Å². The van der Waals surface area contributed by atoms with Crippen LogP contribution in [0.5, 0.6) is 11.5 Å². The van der Waals surface area contributed by atoms with Crippen LogP contribution in [0.25, 0.3) is 0 Å². The number of aliphatic imine (C=N–C) groups is 1. The number of carbonyl (C=O) groups excluding carboxylic acids is 1. The molecule has 30 heavy (non-hydrogen) atoms. The molecule has 0 heterocycles. The molecular weight excluding hydrogens is 401 g/mol. The number of methoxy groups -OCH3 is 1. The number of carbonyl (C=O) groups is 1. The number of anilines is 1. The number of amides is 1. The number of guanidine groups is 1. The van der Waals surface area contributed by atoms with Gasteiger partial charge in [0.2, 0.25) is 5.91 Å². The average molecular weight is 424 g/mol. The van der Waals surface area contributed by atoms with E-state index in [0.29, 0.717) is 24.0 Å². The Bertz CT molecular complexity index is 909. The van der Waals surface area contributed by atoms with Gasteiger partial charge in [-0.3, -0.25) is 9.79 Å². The van der Waals surface area contributed by atoms with Gasteiger partial charge < -0.3 is 25.4 Å². The lowest BCUT2D eigenvalue weighted by atomic mass is 10.2. The van der Waals surface area contributed by atoms with Gasteiger partial charge in [-0.2, -0.15) is 0 Å². The summed E-state index contributed by atoms with van der Waals surface area (Å²) in [5.74, 6) is -3.63. The second-order valence-corrected chi connectivity index (χ2v) is 6.16. The third-order valence-corrected chi connectivity index (χ3v) is 3.90. The molecule has 0 spiro atoms. The zero-order valence-electron chi connectivity index (χ0n) is 16.8. The van der Waals surface area contributed by atoms with E-state index < -0.39 is 29.0 Å².